The van der Waals surface area contributed by atoms with E-state index in [0.717, 1.165) is 13.1 Å². The van der Waals surface area contributed by atoms with E-state index in [1.807, 2.05) is 28.2 Å². The highest BCUT2D eigenvalue weighted by Gasteiger charge is 2.64. The van der Waals surface area contributed by atoms with Crippen LogP contribution in [0.2, 0.25) is 0 Å². The summed E-state index contributed by atoms with van der Waals surface area (Å²) in [6, 6.07) is 0. The Morgan fingerprint density at radius 3 is 1.46 bits per heavy atom. The fourth-order valence-corrected chi connectivity index (χ4v) is 2.35. The monoisotopic (exact) mass is 254 g/mol. The first-order chi connectivity index (χ1) is 5.27. The summed E-state index contributed by atoms with van der Waals surface area (Å²) in [6.45, 7) is 1.87. The number of halogens is 1. The number of hydrogen-bond acceptors (Lipinski definition) is 2. The first kappa shape index (κ1) is 13.4. The normalized spacial score (nSPS) is 24.7. The number of nitrogens with zero attached hydrogens (tertiary/aromatic N) is 2. The topological polar surface area (TPSA) is 40.5 Å². The van der Waals surface area contributed by atoms with Crippen molar-refractivity contribution in [1.29, 1.82) is 0 Å². The van der Waals surface area contributed by atoms with E-state index in [2.05, 4.69) is 0 Å². The zero-order valence-corrected chi connectivity index (χ0v) is 10.5. The van der Waals surface area contributed by atoms with E-state index in [1.165, 1.54) is 0 Å². The SMILES string of the molecule is Br.C[N+]1(C)CC[N+](C)(C)B1C(O)O. The molecule has 0 aliphatic carbocycles. The average molecular weight is 255 g/mol. The van der Waals surface area contributed by atoms with Crippen molar-refractivity contribution in [2.45, 2.75) is 6.19 Å². The summed E-state index contributed by atoms with van der Waals surface area (Å²) in [5.74, 6) is 0. The number of aliphatic hydroxyl groups is 2. The number of quaternary nitrogens is 2. The summed E-state index contributed by atoms with van der Waals surface area (Å²) in [6.07, 6.45) is -1.22. The van der Waals surface area contributed by atoms with E-state index in [4.69, 9.17) is 0 Å². The van der Waals surface area contributed by atoms with E-state index in [9.17, 15) is 10.2 Å². The van der Waals surface area contributed by atoms with Crippen molar-refractivity contribution in [1.82, 2.24) is 0 Å². The molecule has 0 bridgehead atoms. The van der Waals surface area contributed by atoms with Crippen LogP contribution in [0.15, 0.2) is 0 Å². The molecule has 0 saturated carbocycles. The van der Waals surface area contributed by atoms with Crippen molar-refractivity contribution in [3.8, 4) is 0 Å². The molecule has 1 aliphatic rings. The number of aliphatic hydroxyl groups excluding tert-OH is 1. The maximum atomic E-state index is 9.25. The number of likely N-dealkylation sites (N-methyl/N-ethyl adjacent to an activating group) is 2. The third kappa shape index (κ3) is 2.44. The molecule has 13 heavy (non-hydrogen) atoms. The molecular weight excluding hydrogens is 235 g/mol. The second-order valence-corrected chi connectivity index (χ2v) is 4.83. The van der Waals surface area contributed by atoms with Crippen LogP contribution in [0.5, 0.6) is 0 Å². The molecule has 0 aromatic rings. The van der Waals surface area contributed by atoms with Gasteiger partial charge in [0.1, 0.15) is 13.1 Å². The van der Waals surface area contributed by atoms with Crippen molar-refractivity contribution < 1.29 is 19.0 Å². The highest BCUT2D eigenvalue weighted by Crippen LogP contribution is 2.22. The van der Waals surface area contributed by atoms with Gasteiger partial charge in [-0.3, -0.25) is 0 Å². The summed E-state index contributed by atoms with van der Waals surface area (Å²) in [5.41, 5.74) is 0. The molecule has 0 amide bonds. The fourth-order valence-electron chi connectivity index (χ4n) is 2.35. The van der Waals surface area contributed by atoms with Crippen LogP contribution in [-0.2, 0) is 0 Å². The summed E-state index contributed by atoms with van der Waals surface area (Å²) < 4.78 is 1.37. The van der Waals surface area contributed by atoms with Crippen LogP contribution >= 0.6 is 17.0 Å². The lowest BCUT2D eigenvalue weighted by Gasteiger charge is -2.31. The van der Waals surface area contributed by atoms with Gasteiger partial charge < -0.3 is 19.0 Å². The van der Waals surface area contributed by atoms with Crippen molar-refractivity contribution in [3.05, 3.63) is 0 Å². The molecule has 1 fully saturated rings. The van der Waals surface area contributed by atoms with E-state index in [1.54, 1.807) is 0 Å². The predicted molar refractivity (Wildman–Crippen MR) is 58.3 cm³/mol. The molecule has 0 aromatic heterocycles. The van der Waals surface area contributed by atoms with Crippen molar-refractivity contribution in [3.63, 3.8) is 0 Å². The zero-order chi connectivity index (χ0) is 9.57. The van der Waals surface area contributed by atoms with Gasteiger partial charge in [0.05, 0.1) is 28.2 Å². The average Bonchev–Trinajstić information content (AvgIpc) is 2.01. The molecule has 4 nitrogen and oxygen atoms in total. The van der Waals surface area contributed by atoms with E-state index in [-0.39, 0.29) is 24.0 Å². The first-order valence-electron chi connectivity index (χ1n) is 4.29. The molecule has 1 rings (SSSR count). The van der Waals surface area contributed by atoms with Gasteiger partial charge in [0.25, 0.3) is 6.19 Å². The molecule has 1 saturated heterocycles. The second kappa shape index (κ2) is 3.86. The van der Waals surface area contributed by atoms with Crippen LogP contribution in [0.4, 0.5) is 0 Å². The maximum absolute atomic E-state index is 9.25. The van der Waals surface area contributed by atoms with E-state index < -0.39 is 6.19 Å². The van der Waals surface area contributed by atoms with E-state index >= 15 is 0 Å². The highest BCUT2D eigenvalue weighted by molar-refractivity contribution is 8.93. The standard InChI is InChI=1S/C7H19BN2O2.BrH/c1-9(2)5-6-10(3,4)8(9)7(11)12;/h7,11-12H,5-6H2,1-4H3;1H/q+2;. The Hall–Kier alpha value is 0.385. The van der Waals surface area contributed by atoms with Crippen molar-refractivity contribution >= 4 is 24.0 Å². The van der Waals surface area contributed by atoms with Gasteiger partial charge in [-0.15, -0.1) is 17.0 Å². The van der Waals surface area contributed by atoms with Gasteiger partial charge in [0, 0.05) is 0 Å². The minimum absolute atomic E-state index is 0. The molecule has 0 atom stereocenters. The molecule has 2 N–H and O–H groups in total. The third-order valence-corrected chi connectivity index (χ3v) is 2.95. The summed E-state index contributed by atoms with van der Waals surface area (Å²) in [7, 11) is 8.16. The van der Waals surface area contributed by atoms with Gasteiger partial charge in [0.15, 0.2) is 0 Å². The molecular formula is C7H20BBrN2O2+2. The fraction of sp³-hybridized carbons (Fsp3) is 1.00. The summed E-state index contributed by atoms with van der Waals surface area (Å²) >= 11 is 0. The molecule has 1 heterocycles. The smallest absolute Gasteiger partial charge is 0.363 e. The molecule has 0 aromatic carbocycles. The maximum Gasteiger partial charge on any atom is 0.730 e. The largest absolute Gasteiger partial charge is 0.730 e. The molecule has 0 spiro atoms. The number of rotatable bonds is 1. The predicted octanol–water partition coefficient (Wildman–Crippen LogP) is -0.931. The van der Waals surface area contributed by atoms with Crippen LogP contribution in [0.1, 0.15) is 0 Å². The lowest BCUT2D eigenvalue weighted by molar-refractivity contribution is -0.838. The van der Waals surface area contributed by atoms with E-state index in [0.29, 0.717) is 8.79 Å². The molecule has 0 radical (unpaired) electrons. The Balaban J connectivity index is 0.00000144. The van der Waals surface area contributed by atoms with Gasteiger partial charge in [-0.1, -0.05) is 0 Å². The van der Waals surface area contributed by atoms with Crippen LogP contribution in [0.25, 0.3) is 0 Å². The molecule has 78 valence electrons. The van der Waals surface area contributed by atoms with Gasteiger partial charge in [-0.05, 0) is 0 Å². The Morgan fingerprint density at radius 2 is 1.31 bits per heavy atom. The highest BCUT2D eigenvalue weighted by atomic mass is 79.9. The van der Waals surface area contributed by atoms with Gasteiger partial charge in [0.2, 0.25) is 0 Å². The van der Waals surface area contributed by atoms with Crippen LogP contribution in [0.3, 0.4) is 0 Å². The Kier molecular flexibility index (Phi) is 3.98. The van der Waals surface area contributed by atoms with Crippen LogP contribution in [-0.4, -0.2) is 73.5 Å². The number of hydrogen-bond donors (Lipinski definition) is 2. The second-order valence-electron chi connectivity index (χ2n) is 4.83. The lowest BCUT2D eigenvalue weighted by Crippen LogP contribution is -2.65. The lowest BCUT2D eigenvalue weighted by atomic mass is 9.68. The molecule has 0 unspecified atom stereocenters. The van der Waals surface area contributed by atoms with Gasteiger partial charge in [-0.2, -0.15) is 0 Å². The van der Waals surface area contributed by atoms with Gasteiger partial charge >= 0.3 is 6.98 Å². The molecule has 6 heteroatoms. The first-order valence-corrected chi connectivity index (χ1v) is 4.29. The van der Waals surface area contributed by atoms with Crippen LogP contribution < -0.4 is 0 Å². The Bertz CT molecular complexity index is 171. The quantitative estimate of drug-likeness (QED) is 0.469. The van der Waals surface area contributed by atoms with Crippen molar-refractivity contribution in [2.24, 2.45) is 0 Å². The van der Waals surface area contributed by atoms with Gasteiger partial charge in [-0.25, -0.2) is 0 Å². The minimum atomic E-state index is -1.22. The summed E-state index contributed by atoms with van der Waals surface area (Å²) in [5, 5.41) is 18.5. The summed E-state index contributed by atoms with van der Waals surface area (Å²) in [4.78, 5) is 0. The minimum Gasteiger partial charge on any atom is -0.363 e. The Labute approximate surface area is 90.8 Å². The van der Waals surface area contributed by atoms with Crippen molar-refractivity contribution in [2.75, 3.05) is 41.3 Å². The third-order valence-electron chi connectivity index (χ3n) is 2.95. The van der Waals surface area contributed by atoms with Crippen LogP contribution in [0, 0.1) is 0 Å². The Morgan fingerprint density at radius 1 is 1.00 bits per heavy atom. The molecule has 1 aliphatic heterocycles. The zero-order valence-electron chi connectivity index (χ0n) is 8.77.